The number of aryl methyl sites for hydroxylation is 1. The Morgan fingerprint density at radius 3 is 2.47 bits per heavy atom. The van der Waals surface area contributed by atoms with E-state index in [9.17, 15) is 9.59 Å². The fourth-order valence-electron chi connectivity index (χ4n) is 3.45. The van der Waals surface area contributed by atoms with E-state index in [2.05, 4.69) is 10.1 Å². The van der Waals surface area contributed by atoms with Crippen LogP contribution in [0.5, 0.6) is 0 Å². The number of hydrogen-bond acceptors (Lipinski definition) is 4. The van der Waals surface area contributed by atoms with Crippen LogP contribution in [-0.2, 0) is 17.8 Å². The lowest BCUT2D eigenvalue weighted by Gasteiger charge is -2.19. The molecule has 1 amide bonds. The van der Waals surface area contributed by atoms with Gasteiger partial charge in [0.1, 0.15) is 6.54 Å². The van der Waals surface area contributed by atoms with Crippen LogP contribution in [-0.4, -0.2) is 27.7 Å². The Morgan fingerprint density at radius 1 is 1.00 bits per heavy atom. The van der Waals surface area contributed by atoms with Gasteiger partial charge in [0.15, 0.2) is 0 Å². The molecular weight excluding hydrogens is 376 g/mol. The smallest absolute Gasteiger partial charge is 0.275 e. The third kappa shape index (κ3) is 3.98. The van der Waals surface area contributed by atoms with E-state index >= 15 is 0 Å². The maximum atomic E-state index is 13.0. The van der Waals surface area contributed by atoms with Crippen molar-refractivity contribution in [3.8, 4) is 0 Å². The molecule has 0 spiro atoms. The van der Waals surface area contributed by atoms with E-state index in [1.807, 2.05) is 61.5 Å². The van der Waals surface area contributed by atoms with Crippen molar-refractivity contribution in [2.45, 2.75) is 19.9 Å². The fraction of sp³-hybridized carbons (Fsp3) is 0.167. The first-order valence-electron chi connectivity index (χ1n) is 9.74. The molecule has 30 heavy (non-hydrogen) atoms. The summed E-state index contributed by atoms with van der Waals surface area (Å²) in [6.07, 6.45) is 4.01. The van der Waals surface area contributed by atoms with Crippen LogP contribution in [0.2, 0.25) is 0 Å². The van der Waals surface area contributed by atoms with Crippen molar-refractivity contribution in [3.63, 3.8) is 0 Å². The van der Waals surface area contributed by atoms with Gasteiger partial charge in [-0.25, -0.2) is 4.68 Å². The molecule has 0 N–H and O–H groups in total. The lowest BCUT2D eigenvalue weighted by molar-refractivity contribution is -0.119. The Hall–Kier alpha value is -3.80. The number of benzene rings is 2. The third-order valence-corrected chi connectivity index (χ3v) is 5.11. The monoisotopic (exact) mass is 398 g/mol. The summed E-state index contributed by atoms with van der Waals surface area (Å²) in [5.41, 5.74) is 3.37. The van der Waals surface area contributed by atoms with E-state index in [1.165, 1.54) is 4.68 Å². The van der Waals surface area contributed by atoms with Gasteiger partial charge in [-0.1, -0.05) is 30.3 Å². The summed E-state index contributed by atoms with van der Waals surface area (Å²) in [5.74, 6) is -0.208. The highest BCUT2D eigenvalue weighted by Crippen LogP contribution is 2.18. The van der Waals surface area contributed by atoms with Crippen LogP contribution >= 0.6 is 0 Å². The highest BCUT2D eigenvalue weighted by Gasteiger charge is 2.16. The molecule has 0 bridgehead atoms. The van der Waals surface area contributed by atoms with E-state index in [0.29, 0.717) is 11.8 Å². The predicted molar refractivity (Wildman–Crippen MR) is 118 cm³/mol. The molecule has 6 heteroatoms. The standard InChI is InChI=1S/C24H22N4O2/c1-17-6-5-7-19(14-17)27(2)23(29)16-28-24(30)21-9-4-3-8-20(21)22(26-28)15-18-10-12-25-13-11-18/h3-14H,15-16H2,1-2H3. The fourth-order valence-corrected chi connectivity index (χ4v) is 3.45. The van der Waals surface area contributed by atoms with Gasteiger partial charge in [0.25, 0.3) is 5.56 Å². The zero-order valence-corrected chi connectivity index (χ0v) is 16.9. The van der Waals surface area contributed by atoms with Crippen molar-refractivity contribution < 1.29 is 4.79 Å². The average molecular weight is 398 g/mol. The van der Waals surface area contributed by atoms with Crippen LogP contribution in [0.3, 0.4) is 0 Å². The van der Waals surface area contributed by atoms with Gasteiger partial charge in [-0.2, -0.15) is 5.10 Å². The molecule has 6 nitrogen and oxygen atoms in total. The van der Waals surface area contributed by atoms with Crippen LogP contribution in [0.1, 0.15) is 16.8 Å². The topological polar surface area (TPSA) is 68.1 Å². The zero-order valence-electron chi connectivity index (χ0n) is 16.9. The Bertz CT molecular complexity index is 1270. The quantitative estimate of drug-likeness (QED) is 0.517. The molecule has 4 rings (SSSR count). The number of likely N-dealkylation sites (N-methyl/N-ethyl adjacent to an activating group) is 1. The first kappa shape index (κ1) is 19.5. The van der Waals surface area contributed by atoms with E-state index in [4.69, 9.17) is 0 Å². The predicted octanol–water partition coefficient (Wildman–Crippen LogP) is 3.35. The second kappa shape index (κ2) is 8.29. The Balaban J connectivity index is 1.71. The normalized spacial score (nSPS) is 10.9. The Morgan fingerprint density at radius 2 is 1.73 bits per heavy atom. The number of hydrogen-bond donors (Lipinski definition) is 0. The molecule has 0 aliphatic rings. The van der Waals surface area contributed by atoms with Gasteiger partial charge in [-0.05, 0) is 48.4 Å². The van der Waals surface area contributed by atoms with Gasteiger partial charge in [0.05, 0.1) is 11.1 Å². The second-order valence-electron chi connectivity index (χ2n) is 7.28. The lowest BCUT2D eigenvalue weighted by atomic mass is 10.1. The highest BCUT2D eigenvalue weighted by atomic mass is 16.2. The second-order valence-corrected chi connectivity index (χ2v) is 7.28. The van der Waals surface area contributed by atoms with Crippen LogP contribution in [0, 0.1) is 6.92 Å². The van der Waals surface area contributed by atoms with Gasteiger partial charge in [-0.3, -0.25) is 14.6 Å². The number of amides is 1. The Kier molecular flexibility index (Phi) is 5.39. The molecule has 0 saturated heterocycles. The van der Waals surface area contributed by atoms with Gasteiger partial charge in [-0.15, -0.1) is 0 Å². The van der Waals surface area contributed by atoms with Crippen LogP contribution in [0.15, 0.2) is 77.9 Å². The Labute approximate surface area is 174 Å². The van der Waals surface area contributed by atoms with Crippen molar-refractivity contribution in [3.05, 3.63) is 100 Å². The molecule has 0 unspecified atom stereocenters. The molecule has 2 heterocycles. The summed E-state index contributed by atoms with van der Waals surface area (Å²) in [6.45, 7) is 1.85. The van der Waals surface area contributed by atoms with Crippen molar-refractivity contribution in [2.75, 3.05) is 11.9 Å². The average Bonchev–Trinajstić information content (AvgIpc) is 2.77. The number of pyridine rings is 1. The van der Waals surface area contributed by atoms with Crippen molar-refractivity contribution in [1.82, 2.24) is 14.8 Å². The molecule has 4 aromatic rings. The first-order chi connectivity index (χ1) is 14.5. The van der Waals surface area contributed by atoms with Gasteiger partial charge in [0, 0.05) is 36.9 Å². The van der Waals surface area contributed by atoms with Crippen LogP contribution < -0.4 is 10.5 Å². The molecule has 0 saturated carbocycles. The number of anilines is 1. The van der Waals surface area contributed by atoms with Crippen molar-refractivity contribution >= 4 is 22.4 Å². The molecule has 150 valence electrons. The van der Waals surface area contributed by atoms with Crippen LogP contribution in [0.25, 0.3) is 10.8 Å². The SMILES string of the molecule is Cc1cccc(N(C)C(=O)Cn2nc(Cc3ccncc3)c3ccccc3c2=O)c1. The van der Waals surface area contributed by atoms with E-state index in [0.717, 1.165) is 27.9 Å². The summed E-state index contributed by atoms with van der Waals surface area (Å²) in [7, 11) is 1.71. The minimum Gasteiger partial charge on any atom is -0.314 e. The van der Waals surface area contributed by atoms with Crippen LogP contribution in [0.4, 0.5) is 5.69 Å². The largest absolute Gasteiger partial charge is 0.314 e. The number of aromatic nitrogens is 3. The van der Waals surface area contributed by atoms with Crippen molar-refractivity contribution in [2.24, 2.45) is 0 Å². The number of rotatable bonds is 5. The summed E-state index contributed by atoms with van der Waals surface area (Å²) < 4.78 is 1.27. The minimum atomic E-state index is -0.268. The molecule has 2 aromatic carbocycles. The molecule has 0 atom stereocenters. The number of carbonyl (C=O) groups is 1. The summed E-state index contributed by atoms with van der Waals surface area (Å²) >= 11 is 0. The first-order valence-corrected chi connectivity index (χ1v) is 9.74. The van der Waals surface area contributed by atoms with Gasteiger partial charge in [0.2, 0.25) is 5.91 Å². The summed E-state index contributed by atoms with van der Waals surface area (Å²) in [4.78, 5) is 31.5. The molecule has 2 aromatic heterocycles. The molecule has 0 radical (unpaired) electrons. The minimum absolute atomic E-state index is 0.128. The molecule has 0 aliphatic carbocycles. The third-order valence-electron chi connectivity index (χ3n) is 5.11. The van der Waals surface area contributed by atoms with Crippen molar-refractivity contribution in [1.29, 1.82) is 0 Å². The molecule has 0 aliphatic heterocycles. The molecule has 0 fully saturated rings. The number of fused-ring (bicyclic) bond motifs is 1. The zero-order chi connectivity index (χ0) is 21.1. The maximum absolute atomic E-state index is 13.0. The maximum Gasteiger partial charge on any atom is 0.275 e. The van der Waals surface area contributed by atoms with Gasteiger partial charge < -0.3 is 4.90 Å². The summed E-state index contributed by atoms with van der Waals surface area (Å²) in [6, 6.07) is 18.9. The number of carbonyl (C=O) groups excluding carboxylic acids is 1. The van der Waals surface area contributed by atoms with E-state index in [1.54, 1.807) is 30.4 Å². The molecular formula is C24H22N4O2. The highest BCUT2D eigenvalue weighted by molar-refractivity contribution is 5.93. The number of nitrogens with zero attached hydrogens (tertiary/aromatic N) is 4. The van der Waals surface area contributed by atoms with Gasteiger partial charge >= 0.3 is 0 Å². The summed E-state index contributed by atoms with van der Waals surface area (Å²) in [5, 5.41) is 5.92. The van der Waals surface area contributed by atoms with E-state index in [-0.39, 0.29) is 18.0 Å². The lowest BCUT2D eigenvalue weighted by Crippen LogP contribution is -2.35. The van der Waals surface area contributed by atoms with E-state index < -0.39 is 0 Å².